The fourth-order valence-corrected chi connectivity index (χ4v) is 1.46. The van der Waals surface area contributed by atoms with Crippen molar-refractivity contribution in [3.05, 3.63) is 53.9 Å². The Morgan fingerprint density at radius 3 is 2.71 bits per heavy atom. The first kappa shape index (κ1) is 11.0. The maximum atomic E-state index is 8.62. The lowest BCUT2D eigenvalue weighted by molar-refractivity contribution is 1.14. The summed E-state index contributed by atoms with van der Waals surface area (Å²) in [7, 11) is 0. The van der Waals surface area contributed by atoms with Crippen LogP contribution in [0.1, 0.15) is 11.3 Å². The molecule has 2 rings (SSSR count). The van der Waals surface area contributed by atoms with Gasteiger partial charge in [-0.1, -0.05) is 18.2 Å². The number of hydrogen-bond donors (Lipinski definition) is 2. The number of nitrogen functional groups attached to an aromatic ring is 1. The highest BCUT2D eigenvalue weighted by molar-refractivity contribution is 5.50. The van der Waals surface area contributed by atoms with Crippen LogP contribution in [0.3, 0.4) is 0 Å². The van der Waals surface area contributed by atoms with E-state index < -0.39 is 0 Å². The number of nitriles is 1. The first-order valence-electron chi connectivity index (χ1n) is 5.23. The van der Waals surface area contributed by atoms with Gasteiger partial charge in [-0.25, -0.2) is 4.98 Å². The third-order valence-corrected chi connectivity index (χ3v) is 2.42. The second kappa shape index (κ2) is 4.99. The molecule has 3 N–H and O–H groups in total. The largest absolute Gasteiger partial charge is 0.398 e. The molecule has 0 fully saturated rings. The molecule has 1 heterocycles. The number of nitrogens with two attached hydrogens (primary N) is 1. The molecule has 0 spiro atoms. The Balaban J connectivity index is 2.03. The van der Waals surface area contributed by atoms with Crippen molar-refractivity contribution in [1.82, 2.24) is 4.98 Å². The van der Waals surface area contributed by atoms with Crippen molar-refractivity contribution in [3.63, 3.8) is 0 Å². The van der Waals surface area contributed by atoms with E-state index in [0.29, 0.717) is 12.2 Å². The summed E-state index contributed by atoms with van der Waals surface area (Å²) in [5, 5.41) is 11.8. The highest BCUT2D eigenvalue weighted by Crippen LogP contribution is 2.13. The van der Waals surface area contributed by atoms with Gasteiger partial charge in [0.1, 0.15) is 11.8 Å². The summed E-state index contributed by atoms with van der Waals surface area (Å²) in [6.45, 7) is 0.639. The van der Waals surface area contributed by atoms with E-state index in [9.17, 15) is 0 Å². The van der Waals surface area contributed by atoms with E-state index in [1.54, 1.807) is 12.3 Å². The smallest absolute Gasteiger partial charge is 0.140 e. The Labute approximate surface area is 99.7 Å². The minimum Gasteiger partial charge on any atom is -0.398 e. The summed E-state index contributed by atoms with van der Waals surface area (Å²) < 4.78 is 0. The van der Waals surface area contributed by atoms with Crippen LogP contribution >= 0.6 is 0 Å². The summed E-state index contributed by atoms with van der Waals surface area (Å²) in [6, 6.07) is 13.2. The second-order valence-electron chi connectivity index (χ2n) is 3.60. The van der Waals surface area contributed by atoms with Crippen LogP contribution in [0.25, 0.3) is 0 Å². The van der Waals surface area contributed by atoms with Gasteiger partial charge >= 0.3 is 0 Å². The Morgan fingerprint density at radius 2 is 2.06 bits per heavy atom. The molecule has 0 amide bonds. The third kappa shape index (κ3) is 2.73. The molecule has 2 aromatic rings. The summed E-state index contributed by atoms with van der Waals surface area (Å²) in [6.07, 6.45) is 1.64. The molecule has 0 aliphatic rings. The predicted octanol–water partition coefficient (Wildman–Crippen LogP) is 2.15. The van der Waals surface area contributed by atoms with E-state index in [4.69, 9.17) is 11.0 Å². The Kier molecular flexibility index (Phi) is 3.22. The molecule has 0 radical (unpaired) electrons. The Bertz CT molecular complexity index is 540. The first-order valence-corrected chi connectivity index (χ1v) is 5.23. The lowest BCUT2D eigenvalue weighted by Crippen LogP contribution is -2.03. The van der Waals surface area contributed by atoms with Crippen LogP contribution in [-0.2, 0) is 6.54 Å². The van der Waals surface area contributed by atoms with Crippen molar-refractivity contribution in [2.45, 2.75) is 6.54 Å². The molecule has 0 aliphatic heterocycles. The fourth-order valence-electron chi connectivity index (χ4n) is 1.46. The lowest BCUT2D eigenvalue weighted by Gasteiger charge is -2.08. The van der Waals surface area contributed by atoms with Crippen molar-refractivity contribution in [3.8, 4) is 6.07 Å². The van der Waals surface area contributed by atoms with Gasteiger partial charge in [-0.2, -0.15) is 5.26 Å². The van der Waals surface area contributed by atoms with Crippen LogP contribution in [0.15, 0.2) is 42.6 Å². The van der Waals surface area contributed by atoms with E-state index in [1.807, 2.05) is 36.4 Å². The Hall–Kier alpha value is -2.54. The van der Waals surface area contributed by atoms with Gasteiger partial charge in [0.2, 0.25) is 0 Å². The van der Waals surface area contributed by atoms with Crippen LogP contribution in [0.2, 0.25) is 0 Å². The van der Waals surface area contributed by atoms with E-state index >= 15 is 0 Å². The number of pyridine rings is 1. The minimum atomic E-state index is 0.412. The fraction of sp³-hybridized carbons (Fsp3) is 0.0769. The van der Waals surface area contributed by atoms with E-state index in [0.717, 1.165) is 16.9 Å². The van der Waals surface area contributed by atoms with E-state index in [2.05, 4.69) is 10.3 Å². The number of hydrogen-bond acceptors (Lipinski definition) is 4. The van der Waals surface area contributed by atoms with Crippen LogP contribution in [0.4, 0.5) is 11.4 Å². The number of nitrogens with zero attached hydrogens (tertiary/aromatic N) is 2. The van der Waals surface area contributed by atoms with E-state index in [-0.39, 0.29) is 0 Å². The standard InChI is InChI=1S/C13H12N4/c14-7-11-5-6-12(9-17-11)16-8-10-3-1-2-4-13(10)15/h1-6,9,16H,8,15H2. The van der Waals surface area contributed by atoms with Crippen LogP contribution in [-0.4, -0.2) is 4.98 Å². The number of anilines is 2. The summed E-state index contributed by atoms with van der Waals surface area (Å²) >= 11 is 0. The van der Waals surface area contributed by atoms with Crippen molar-refractivity contribution < 1.29 is 0 Å². The average Bonchev–Trinajstić information content (AvgIpc) is 2.38. The topological polar surface area (TPSA) is 74.7 Å². The molecule has 0 aliphatic carbocycles. The van der Waals surface area contributed by atoms with Gasteiger partial charge in [0.15, 0.2) is 0 Å². The van der Waals surface area contributed by atoms with Crippen LogP contribution < -0.4 is 11.1 Å². The Morgan fingerprint density at radius 1 is 1.24 bits per heavy atom. The van der Waals surface area contributed by atoms with Gasteiger partial charge in [0.05, 0.1) is 11.9 Å². The van der Waals surface area contributed by atoms with Gasteiger partial charge < -0.3 is 11.1 Å². The molecular weight excluding hydrogens is 212 g/mol. The molecule has 4 nitrogen and oxygen atoms in total. The number of para-hydroxylation sites is 1. The van der Waals surface area contributed by atoms with Crippen molar-refractivity contribution in [1.29, 1.82) is 5.26 Å². The highest BCUT2D eigenvalue weighted by Gasteiger charge is 1.98. The quantitative estimate of drug-likeness (QED) is 0.783. The zero-order chi connectivity index (χ0) is 12.1. The number of nitrogens with one attached hydrogen (secondary N) is 1. The van der Waals surface area contributed by atoms with Crippen molar-refractivity contribution in [2.24, 2.45) is 0 Å². The molecule has 17 heavy (non-hydrogen) atoms. The maximum absolute atomic E-state index is 8.62. The zero-order valence-electron chi connectivity index (χ0n) is 9.22. The minimum absolute atomic E-state index is 0.412. The molecule has 0 saturated carbocycles. The summed E-state index contributed by atoms with van der Waals surface area (Å²) in [4.78, 5) is 3.98. The van der Waals surface area contributed by atoms with Gasteiger partial charge in [0.25, 0.3) is 0 Å². The van der Waals surface area contributed by atoms with Gasteiger partial charge in [-0.3, -0.25) is 0 Å². The lowest BCUT2D eigenvalue weighted by atomic mass is 10.2. The maximum Gasteiger partial charge on any atom is 0.140 e. The molecular formula is C13H12N4. The van der Waals surface area contributed by atoms with Crippen molar-refractivity contribution in [2.75, 3.05) is 11.1 Å². The normalized spacial score (nSPS) is 9.59. The molecule has 0 saturated heterocycles. The van der Waals surface area contributed by atoms with Gasteiger partial charge in [0, 0.05) is 12.2 Å². The number of rotatable bonds is 3. The highest BCUT2D eigenvalue weighted by atomic mass is 14.9. The van der Waals surface area contributed by atoms with Crippen molar-refractivity contribution >= 4 is 11.4 Å². The third-order valence-electron chi connectivity index (χ3n) is 2.42. The molecule has 1 aromatic carbocycles. The molecule has 0 unspecified atom stereocenters. The molecule has 4 heteroatoms. The van der Waals surface area contributed by atoms with Gasteiger partial charge in [-0.15, -0.1) is 0 Å². The molecule has 1 aromatic heterocycles. The first-order chi connectivity index (χ1) is 8.29. The second-order valence-corrected chi connectivity index (χ2v) is 3.60. The SMILES string of the molecule is N#Cc1ccc(NCc2ccccc2N)cn1. The molecule has 84 valence electrons. The summed E-state index contributed by atoms with van der Waals surface area (Å²) in [5.41, 5.74) is 8.92. The van der Waals surface area contributed by atoms with E-state index in [1.165, 1.54) is 0 Å². The van der Waals surface area contributed by atoms with Crippen LogP contribution in [0, 0.1) is 11.3 Å². The number of aromatic nitrogens is 1. The average molecular weight is 224 g/mol. The monoisotopic (exact) mass is 224 g/mol. The number of benzene rings is 1. The molecule has 0 atom stereocenters. The molecule has 0 bridgehead atoms. The zero-order valence-corrected chi connectivity index (χ0v) is 9.22. The summed E-state index contributed by atoms with van der Waals surface area (Å²) in [5.74, 6) is 0. The predicted molar refractivity (Wildman–Crippen MR) is 67.1 cm³/mol. The van der Waals surface area contributed by atoms with Crippen LogP contribution in [0.5, 0.6) is 0 Å². The van der Waals surface area contributed by atoms with Gasteiger partial charge in [-0.05, 0) is 23.8 Å².